The molecule has 0 aromatic heterocycles. The molecule has 0 aliphatic rings. The van der Waals surface area contributed by atoms with Crippen LogP contribution in [0.1, 0.15) is 5.56 Å². The predicted molar refractivity (Wildman–Crippen MR) is 70.9 cm³/mol. The van der Waals surface area contributed by atoms with E-state index in [2.05, 4.69) is 21.9 Å². The van der Waals surface area contributed by atoms with Gasteiger partial charge in [0.2, 0.25) is 0 Å². The maximum absolute atomic E-state index is 10.7. The van der Waals surface area contributed by atoms with Gasteiger partial charge in [0, 0.05) is 11.0 Å². The number of terminal acetylenes is 1. The van der Waals surface area contributed by atoms with Crippen LogP contribution in [0, 0.1) is 12.3 Å². The largest absolute Gasteiger partial charge is 0.480 e. The Labute approximate surface area is 114 Å². The summed E-state index contributed by atoms with van der Waals surface area (Å²) in [7, 11) is 0. The highest BCUT2D eigenvalue weighted by atomic mass is 79.9. The first-order valence-corrected chi connectivity index (χ1v) is 6.01. The van der Waals surface area contributed by atoms with Gasteiger partial charge in [-0.25, -0.2) is 0 Å². The number of rotatable bonds is 5. The normalized spacial score (nSPS) is 10.2. The number of carboxylic acid groups (broad SMARTS) is 1. The molecule has 0 saturated carbocycles. The van der Waals surface area contributed by atoms with Crippen molar-refractivity contribution in [3.05, 3.63) is 33.3 Å². The molecule has 0 fully saturated rings. The van der Waals surface area contributed by atoms with E-state index in [9.17, 15) is 4.79 Å². The van der Waals surface area contributed by atoms with Crippen molar-refractivity contribution in [1.82, 2.24) is 4.90 Å². The van der Waals surface area contributed by atoms with Crippen molar-refractivity contribution in [3.63, 3.8) is 0 Å². The fourth-order valence-corrected chi connectivity index (χ4v) is 1.93. The van der Waals surface area contributed by atoms with Crippen LogP contribution < -0.4 is 0 Å². The first-order chi connectivity index (χ1) is 8.02. The molecule has 0 bridgehead atoms. The molecule has 90 valence electrons. The van der Waals surface area contributed by atoms with Crippen molar-refractivity contribution in [1.29, 1.82) is 0 Å². The zero-order valence-corrected chi connectivity index (χ0v) is 11.3. The number of halogens is 2. The van der Waals surface area contributed by atoms with Crippen molar-refractivity contribution in [2.45, 2.75) is 6.54 Å². The molecule has 3 nitrogen and oxygen atoms in total. The number of carbonyl (C=O) groups is 1. The molecule has 0 radical (unpaired) electrons. The molecule has 0 heterocycles. The Morgan fingerprint density at radius 3 is 2.82 bits per heavy atom. The van der Waals surface area contributed by atoms with Crippen LogP contribution in [-0.2, 0) is 11.3 Å². The SMILES string of the molecule is C#CCN(CC(=O)O)Cc1ccc(Cl)c(Br)c1. The lowest BCUT2D eigenvalue weighted by Gasteiger charge is -2.17. The van der Waals surface area contributed by atoms with Gasteiger partial charge in [-0.15, -0.1) is 6.42 Å². The van der Waals surface area contributed by atoms with Crippen LogP contribution in [0.5, 0.6) is 0 Å². The fourth-order valence-electron chi connectivity index (χ4n) is 1.38. The van der Waals surface area contributed by atoms with Crippen LogP contribution in [0.2, 0.25) is 5.02 Å². The highest BCUT2D eigenvalue weighted by Gasteiger charge is 2.09. The number of benzene rings is 1. The lowest BCUT2D eigenvalue weighted by atomic mass is 10.2. The molecule has 0 atom stereocenters. The third-order valence-electron chi connectivity index (χ3n) is 2.06. The summed E-state index contributed by atoms with van der Waals surface area (Å²) in [5.41, 5.74) is 0.956. The van der Waals surface area contributed by atoms with Crippen LogP contribution in [0.25, 0.3) is 0 Å². The zero-order chi connectivity index (χ0) is 12.8. The molecule has 0 saturated heterocycles. The third-order valence-corrected chi connectivity index (χ3v) is 3.28. The van der Waals surface area contributed by atoms with E-state index in [1.54, 1.807) is 11.0 Å². The van der Waals surface area contributed by atoms with Gasteiger partial charge in [0.15, 0.2) is 0 Å². The van der Waals surface area contributed by atoms with E-state index in [1.165, 1.54) is 0 Å². The minimum atomic E-state index is -0.895. The zero-order valence-electron chi connectivity index (χ0n) is 8.99. The Hall–Kier alpha value is -1.02. The Morgan fingerprint density at radius 2 is 2.29 bits per heavy atom. The van der Waals surface area contributed by atoms with Gasteiger partial charge in [0.05, 0.1) is 18.1 Å². The minimum absolute atomic E-state index is 0.0789. The second-order valence-electron chi connectivity index (χ2n) is 3.49. The lowest BCUT2D eigenvalue weighted by Crippen LogP contribution is -2.29. The van der Waals surface area contributed by atoms with Crippen molar-refractivity contribution >= 4 is 33.5 Å². The molecule has 1 rings (SSSR count). The molecule has 1 aromatic rings. The Balaban J connectivity index is 2.75. The molecule has 17 heavy (non-hydrogen) atoms. The average molecular weight is 317 g/mol. The average Bonchev–Trinajstić information content (AvgIpc) is 2.23. The number of carboxylic acids is 1. The minimum Gasteiger partial charge on any atom is -0.480 e. The second-order valence-corrected chi connectivity index (χ2v) is 4.75. The van der Waals surface area contributed by atoms with Crippen molar-refractivity contribution < 1.29 is 9.90 Å². The van der Waals surface area contributed by atoms with Gasteiger partial charge in [0.1, 0.15) is 0 Å². The summed E-state index contributed by atoms with van der Waals surface area (Å²) in [6.07, 6.45) is 5.20. The quantitative estimate of drug-likeness (QED) is 0.849. The van der Waals surface area contributed by atoms with Crippen LogP contribution in [0.3, 0.4) is 0 Å². The number of nitrogens with zero attached hydrogens (tertiary/aromatic N) is 1. The molecule has 0 unspecified atom stereocenters. The number of hydrogen-bond acceptors (Lipinski definition) is 2. The molecular weight excluding hydrogens is 305 g/mol. The van der Waals surface area contributed by atoms with Gasteiger partial charge in [-0.05, 0) is 33.6 Å². The molecule has 0 spiro atoms. The Bertz CT molecular complexity index is 456. The first kappa shape index (κ1) is 14.0. The van der Waals surface area contributed by atoms with Gasteiger partial charge in [0.25, 0.3) is 0 Å². The van der Waals surface area contributed by atoms with Crippen LogP contribution in [0.4, 0.5) is 0 Å². The van der Waals surface area contributed by atoms with Crippen LogP contribution in [0.15, 0.2) is 22.7 Å². The molecule has 0 amide bonds. The highest BCUT2D eigenvalue weighted by Crippen LogP contribution is 2.23. The van der Waals surface area contributed by atoms with E-state index in [4.69, 9.17) is 23.1 Å². The third kappa shape index (κ3) is 4.78. The van der Waals surface area contributed by atoms with E-state index < -0.39 is 5.97 Å². The molecule has 0 aliphatic carbocycles. The van der Waals surface area contributed by atoms with E-state index in [0.717, 1.165) is 10.0 Å². The van der Waals surface area contributed by atoms with E-state index in [-0.39, 0.29) is 6.54 Å². The molecule has 0 aliphatic heterocycles. The van der Waals surface area contributed by atoms with Crippen molar-refractivity contribution in [2.24, 2.45) is 0 Å². The fraction of sp³-hybridized carbons (Fsp3) is 0.250. The number of hydrogen-bond donors (Lipinski definition) is 1. The lowest BCUT2D eigenvalue weighted by molar-refractivity contribution is -0.138. The van der Waals surface area contributed by atoms with Gasteiger partial charge in [-0.2, -0.15) is 0 Å². The monoisotopic (exact) mass is 315 g/mol. The molecule has 1 aromatic carbocycles. The topological polar surface area (TPSA) is 40.5 Å². The number of aliphatic carboxylic acids is 1. The van der Waals surface area contributed by atoms with E-state index >= 15 is 0 Å². The summed E-state index contributed by atoms with van der Waals surface area (Å²) in [5, 5.41) is 9.37. The summed E-state index contributed by atoms with van der Waals surface area (Å²) in [6, 6.07) is 5.46. The summed E-state index contributed by atoms with van der Waals surface area (Å²) >= 11 is 9.19. The standard InChI is InChI=1S/C12H11BrClNO2/c1-2-5-15(8-12(16)17)7-9-3-4-11(14)10(13)6-9/h1,3-4,6H,5,7-8H2,(H,16,17). The summed E-state index contributed by atoms with van der Waals surface area (Å²) in [4.78, 5) is 12.3. The first-order valence-electron chi connectivity index (χ1n) is 4.84. The van der Waals surface area contributed by atoms with Crippen LogP contribution in [-0.4, -0.2) is 29.1 Å². The van der Waals surface area contributed by atoms with Crippen molar-refractivity contribution in [2.75, 3.05) is 13.1 Å². The summed E-state index contributed by atoms with van der Waals surface area (Å²) in [5.74, 6) is 1.55. The van der Waals surface area contributed by atoms with Gasteiger partial charge in [-0.3, -0.25) is 9.69 Å². The highest BCUT2D eigenvalue weighted by molar-refractivity contribution is 9.10. The van der Waals surface area contributed by atoms with Gasteiger partial charge < -0.3 is 5.11 Å². The smallest absolute Gasteiger partial charge is 0.317 e. The van der Waals surface area contributed by atoms with Gasteiger partial charge >= 0.3 is 5.97 Å². The maximum atomic E-state index is 10.7. The molecule has 5 heteroatoms. The van der Waals surface area contributed by atoms with Gasteiger partial charge in [-0.1, -0.05) is 23.6 Å². The molecule has 1 N–H and O–H groups in total. The summed E-state index contributed by atoms with van der Waals surface area (Å²) < 4.78 is 0.785. The maximum Gasteiger partial charge on any atom is 0.317 e. The van der Waals surface area contributed by atoms with Crippen LogP contribution >= 0.6 is 27.5 Å². The van der Waals surface area contributed by atoms with E-state index in [0.29, 0.717) is 18.1 Å². The molecular formula is C12H11BrClNO2. The summed E-state index contributed by atoms with van der Waals surface area (Å²) in [6.45, 7) is 0.698. The van der Waals surface area contributed by atoms with Crippen molar-refractivity contribution in [3.8, 4) is 12.3 Å². The van der Waals surface area contributed by atoms with E-state index in [1.807, 2.05) is 12.1 Å². The Kier molecular flexibility index (Phi) is 5.49. The second kappa shape index (κ2) is 6.65. The Morgan fingerprint density at radius 1 is 1.59 bits per heavy atom. The predicted octanol–water partition coefficient (Wildman–Crippen LogP) is 2.62.